The zero-order chi connectivity index (χ0) is 27.1. The van der Waals surface area contributed by atoms with Crippen LogP contribution in [0.3, 0.4) is 0 Å². The number of piperazine rings is 1. The molecule has 0 bridgehead atoms. The summed E-state index contributed by atoms with van der Waals surface area (Å²) in [6.07, 6.45) is 0.745. The van der Waals surface area contributed by atoms with E-state index in [4.69, 9.17) is 32.7 Å². The summed E-state index contributed by atoms with van der Waals surface area (Å²) < 4.78 is 11.5. The number of rotatable bonds is 10. The van der Waals surface area contributed by atoms with E-state index in [0.717, 1.165) is 17.5 Å². The molecule has 1 N–H and O–H groups in total. The van der Waals surface area contributed by atoms with Gasteiger partial charge in [0.15, 0.2) is 5.75 Å². The number of amides is 2. The van der Waals surface area contributed by atoms with E-state index >= 15 is 0 Å². The molecule has 1 atom stereocenters. The molecule has 200 valence electrons. The van der Waals surface area contributed by atoms with Crippen LogP contribution in [0.4, 0.5) is 5.69 Å². The van der Waals surface area contributed by atoms with E-state index in [1.165, 1.54) is 0 Å². The van der Waals surface area contributed by atoms with Gasteiger partial charge in [0.1, 0.15) is 25.0 Å². The summed E-state index contributed by atoms with van der Waals surface area (Å²) in [6, 6.07) is 20.1. The Hall–Kier alpha value is -3.26. The Kier molecular flexibility index (Phi) is 9.50. The van der Waals surface area contributed by atoms with Gasteiger partial charge >= 0.3 is 0 Å². The normalized spacial score (nSPS) is 15.3. The van der Waals surface area contributed by atoms with E-state index in [9.17, 15) is 9.59 Å². The number of likely N-dealkylation sites (N-methyl/N-ethyl adjacent to an activating group) is 1. The van der Waals surface area contributed by atoms with Crippen LogP contribution in [0.5, 0.6) is 11.5 Å². The summed E-state index contributed by atoms with van der Waals surface area (Å²) in [5.41, 5.74) is 2.76. The first-order valence-electron chi connectivity index (χ1n) is 12.5. The third kappa shape index (κ3) is 6.98. The lowest BCUT2D eigenvalue weighted by Crippen LogP contribution is -2.61. The van der Waals surface area contributed by atoms with Crippen molar-refractivity contribution < 1.29 is 19.1 Å². The third-order valence-corrected chi connectivity index (χ3v) is 6.85. The van der Waals surface area contributed by atoms with Gasteiger partial charge in [0, 0.05) is 25.8 Å². The van der Waals surface area contributed by atoms with Crippen LogP contribution in [-0.4, -0.2) is 62.7 Å². The van der Waals surface area contributed by atoms with E-state index in [-0.39, 0.29) is 31.6 Å². The second-order valence-corrected chi connectivity index (χ2v) is 9.97. The first-order valence-corrected chi connectivity index (χ1v) is 13.2. The number of benzene rings is 3. The predicted octanol–water partition coefficient (Wildman–Crippen LogP) is 4.77. The Morgan fingerprint density at radius 1 is 1.03 bits per heavy atom. The van der Waals surface area contributed by atoms with Crippen molar-refractivity contribution in [2.45, 2.75) is 19.4 Å². The molecule has 1 fully saturated rings. The molecule has 0 aromatic heterocycles. The Labute approximate surface area is 233 Å². The maximum Gasteiger partial charge on any atom is 0.246 e. The number of carbonyl (C=O) groups is 2. The molecule has 9 heteroatoms. The number of anilines is 1. The quantitative estimate of drug-likeness (QED) is 0.365. The molecule has 0 radical (unpaired) electrons. The second kappa shape index (κ2) is 13.0. The van der Waals surface area contributed by atoms with Crippen molar-refractivity contribution in [1.82, 2.24) is 10.2 Å². The van der Waals surface area contributed by atoms with E-state index in [1.807, 2.05) is 37.3 Å². The zero-order valence-corrected chi connectivity index (χ0v) is 23.0. The van der Waals surface area contributed by atoms with Crippen molar-refractivity contribution in [3.8, 4) is 11.5 Å². The maximum atomic E-state index is 13.3. The highest BCUT2D eigenvalue weighted by Gasteiger charge is 2.35. The first-order chi connectivity index (χ1) is 18.3. The average Bonchev–Trinajstić information content (AvgIpc) is 2.91. The molecule has 0 saturated carbocycles. The van der Waals surface area contributed by atoms with E-state index < -0.39 is 6.04 Å². The number of nitrogens with zero attached hydrogens (tertiary/aromatic N) is 2. The van der Waals surface area contributed by atoms with Gasteiger partial charge in [0.2, 0.25) is 11.8 Å². The van der Waals surface area contributed by atoms with Gasteiger partial charge in [-0.25, -0.2) is 0 Å². The fourth-order valence-corrected chi connectivity index (χ4v) is 5.03. The number of halogens is 2. The van der Waals surface area contributed by atoms with E-state index in [0.29, 0.717) is 40.3 Å². The predicted molar refractivity (Wildman–Crippen MR) is 151 cm³/mol. The summed E-state index contributed by atoms with van der Waals surface area (Å²) in [5.74, 6) is 0.788. The lowest BCUT2D eigenvalue weighted by molar-refractivity contribution is -0.134. The Morgan fingerprint density at radius 3 is 2.37 bits per heavy atom. The van der Waals surface area contributed by atoms with Gasteiger partial charge in [-0.1, -0.05) is 53.5 Å². The first kappa shape index (κ1) is 27.8. The van der Waals surface area contributed by atoms with Crippen molar-refractivity contribution >= 4 is 40.7 Å². The SMILES string of the molecule is Cc1cc(Cl)c(OCCOc2ccc(N3C(=O)CNC[C@@H]3C(=O)N(C)CCc3ccccc3)cc2)c(Cl)c1. The number of hydrogen-bond donors (Lipinski definition) is 1. The molecular formula is C29H31Cl2N3O4. The van der Waals surface area contributed by atoms with E-state index in [1.54, 1.807) is 53.2 Å². The van der Waals surface area contributed by atoms with Crippen molar-refractivity contribution in [3.05, 3.63) is 87.9 Å². The highest BCUT2D eigenvalue weighted by atomic mass is 35.5. The van der Waals surface area contributed by atoms with Crippen LogP contribution < -0.4 is 19.7 Å². The lowest BCUT2D eigenvalue weighted by Gasteiger charge is -2.37. The van der Waals surface area contributed by atoms with Crippen LogP contribution in [0.25, 0.3) is 0 Å². The van der Waals surface area contributed by atoms with Gasteiger partial charge in [-0.3, -0.25) is 14.5 Å². The van der Waals surface area contributed by atoms with Gasteiger partial charge in [-0.2, -0.15) is 0 Å². The number of hydrogen-bond acceptors (Lipinski definition) is 5. The molecule has 1 heterocycles. The molecule has 7 nitrogen and oxygen atoms in total. The number of carbonyl (C=O) groups excluding carboxylic acids is 2. The van der Waals surface area contributed by atoms with Crippen molar-refractivity contribution in [2.24, 2.45) is 0 Å². The monoisotopic (exact) mass is 555 g/mol. The minimum atomic E-state index is -0.624. The van der Waals surface area contributed by atoms with Crippen LogP contribution in [0.15, 0.2) is 66.7 Å². The van der Waals surface area contributed by atoms with E-state index in [2.05, 4.69) is 5.32 Å². The molecule has 1 aliphatic heterocycles. The number of ether oxygens (including phenoxy) is 2. The molecule has 2 amide bonds. The Morgan fingerprint density at radius 2 is 1.68 bits per heavy atom. The highest BCUT2D eigenvalue weighted by Crippen LogP contribution is 2.34. The smallest absolute Gasteiger partial charge is 0.246 e. The molecule has 1 aliphatic rings. The Bertz CT molecular complexity index is 1230. The van der Waals surface area contributed by atoms with Crippen molar-refractivity contribution in [1.29, 1.82) is 0 Å². The van der Waals surface area contributed by atoms with Crippen LogP contribution in [0, 0.1) is 6.92 Å². The third-order valence-electron chi connectivity index (χ3n) is 6.29. The van der Waals surface area contributed by atoms with Crippen molar-refractivity contribution in [3.63, 3.8) is 0 Å². The van der Waals surface area contributed by atoms with Crippen molar-refractivity contribution in [2.75, 3.05) is 44.8 Å². The summed E-state index contributed by atoms with van der Waals surface area (Å²) >= 11 is 12.4. The van der Waals surface area contributed by atoms with Gasteiger partial charge in [-0.15, -0.1) is 0 Å². The second-order valence-electron chi connectivity index (χ2n) is 9.15. The largest absolute Gasteiger partial charge is 0.490 e. The lowest BCUT2D eigenvalue weighted by atomic mass is 10.1. The minimum absolute atomic E-state index is 0.104. The number of nitrogens with one attached hydrogen (secondary N) is 1. The molecular weight excluding hydrogens is 525 g/mol. The number of aryl methyl sites for hydroxylation is 1. The Balaban J connectivity index is 1.34. The zero-order valence-electron chi connectivity index (χ0n) is 21.5. The summed E-state index contributed by atoms with van der Waals surface area (Å²) in [5, 5.41) is 3.98. The fourth-order valence-electron chi connectivity index (χ4n) is 4.32. The van der Waals surface area contributed by atoms with Crippen LogP contribution in [0.1, 0.15) is 11.1 Å². The average molecular weight is 556 g/mol. The summed E-state index contributed by atoms with van der Waals surface area (Å²) in [4.78, 5) is 29.4. The molecule has 38 heavy (non-hydrogen) atoms. The van der Waals surface area contributed by atoms with Gasteiger partial charge in [0.05, 0.1) is 16.6 Å². The standard InChI is InChI=1S/C29H31Cl2N3O4/c1-20-16-24(30)28(25(31)17-20)38-15-14-37-23-10-8-22(9-11-23)34-26(18-32-19-27(34)35)29(36)33(2)13-12-21-6-4-3-5-7-21/h3-11,16-17,26,32H,12-15,18-19H2,1-2H3/t26-/m1/s1. The highest BCUT2D eigenvalue weighted by molar-refractivity contribution is 6.37. The van der Waals surface area contributed by atoms with Crippen LogP contribution in [-0.2, 0) is 16.0 Å². The van der Waals surface area contributed by atoms with Crippen LogP contribution >= 0.6 is 23.2 Å². The minimum Gasteiger partial charge on any atom is -0.490 e. The molecule has 3 aromatic rings. The van der Waals surface area contributed by atoms with Gasteiger partial charge in [-0.05, 0) is 60.9 Å². The summed E-state index contributed by atoms with van der Waals surface area (Å²) in [6.45, 7) is 3.57. The summed E-state index contributed by atoms with van der Waals surface area (Å²) in [7, 11) is 1.78. The topological polar surface area (TPSA) is 71.1 Å². The molecule has 0 spiro atoms. The van der Waals surface area contributed by atoms with Crippen LogP contribution in [0.2, 0.25) is 10.0 Å². The molecule has 4 rings (SSSR count). The molecule has 0 unspecified atom stereocenters. The fraction of sp³-hybridized carbons (Fsp3) is 0.310. The van der Waals surface area contributed by atoms with Gasteiger partial charge in [0.25, 0.3) is 0 Å². The molecule has 0 aliphatic carbocycles. The maximum absolute atomic E-state index is 13.3. The molecule has 1 saturated heterocycles. The van der Waals surface area contributed by atoms with Gasteiger partial charge < -0.3 is 19.7 Å². The molecule has 3 aromatic carbocycles.